The number of hydrogen-bond acceptors (Lipinski definition) is 4. The molecular formula is C12H18N4. The van der Waals surface area contributed by atoms with Crippen LogP contribution in [0.3, 0.4) is 0 Å². The Kier molecular flexibility index (Phi) is 2.52. The highest BCUT2D eigenvalue weighted by Crippen LogP contribution is 2.23. The number of fused-ring (bicyclic) bond motifs is 2. The van der Waals surface area contributed by atoms with Crippen LogP contribution in [0.2, 0.25) is 0 Å². The van der Waals surface area contributed by atoms with E-state index in [0.717, 1.165) is 30.6 Å². The van der Waals surface area contributed by atoms with Crippen LogP contribution in [0.15, 0.2) is 12.4 Å². The molecule has 2 atom stereocenters. The predicted octanol–water partition coefficient (Wildman–Crippen LogP) is 1.12. The molecule has 1 aromatic heterocycles. The zero-order valence-electron chi connectivity index (χ0n) is 9.69. The maximum Gasteiger partial charge on any atom is 0.132 e. The van der Waals surface area contributed by atoms with Crippen LogP contribution in [-0.2, 0) is 0 Å². The van der Waals surface area contributed by atoms with Gasteiger partial charge in [0.1, 0.15) is 12.1 Å². The summed E-state index contributed by atoms with van der Waals surface area (Å²) in [6, 6.07) is 3.47. The number of aromatic nitrogens is 2. The van der Waals surface area contributed by atoms with Crippen LogP contribution in [0.4, 0.5) is 5.82 Å². The molecule has 0 aliphatic carbocycles. The minimum absolute atomic E-state index is 0.655. The first-order valence-corrected chi connectivity index (χ1v) is 6.11. The highest BCUT2D eigenvalue weighted by Gasteiger charge is 2.29. The Morgan fingerprint density at radius 3 is 3.00 bits per heavy atom. The van der Waals surface area contributed by atoms with E-state index in [1.54, 1.807) is 6.33 Å². The Balaban J connectivity index is 1.79. The maximum absolute atomic E-state index is 4.38. The third-order valence-corrected chi connectivity index (χ3v) is 3.64. The van der Waals surface area contributed by atoms with E-state index in [4.69, 9.17) is 0 Å². The van der Waals surface area contributed by atoms with E-state index in [1.807, 2.05) is 6.92 Å². The summed E-state index contributed by atoms with van der Waals surface area (Å²) in [6.07, 6.45) is 5.56. The normalized spacial score (nSPS) is 29.2. The largest absolute Gasteiger partial charge is 0.355 e. The van der Waals surface area contributed by atoms with Crippen LogP contribution in [0.5, 0.6) is 0 Å². The summed E-state index contributed by atoms with van der Waals surface area (Å²) in [6.45, 7) is 4.23. The lowest BCUT2D eigenvalue weighted by Crippen LogP contribution is -2.35. The molecule has 0 radical (unpaired) electrons. The highest BCUT2D eigenvalue weighted by molar-refractivity contribution is 5.39. The minimum atomic E-state index is 0.655. The molecule has 1 aromatic rings. The number of hydrogen-bond donors (Lipinski definition) is 1. The fourth-order valence-corrected chi connectivity index (χ4v) is 2.76. The molecule has 0 aromatic carbocycles. The molecule has 2 unspecified atom stereocenters. The molecule has 2 saturated heterocycles. The van der Waals surface area contributed by atoms with Crippen molar-refractivity contribution < 1.29 is 0 Å². The topological polar surface area (TPSA) is 41.0 Å². The van der Waals surface area contributed by atoms with E-state index in [9.17, 15) is 0 Å². The molecule has 2 aliphatic heterocycles. The average Bonchev–Trinajstić information content (AvgIpc) is 2.58. The molecule has 0 spiro atoms. The van der Waals surface area contributed by atoms with Gasteiger partial charge in [-0.1, -0.05) is 0 Å². The van der Waals surface area contributed by atoms with Gasteiger partial charge in [-0.3, -0.25) is 0 Å². The van der Waals surface area contributed by atoms with Crippen molar-refractivity contribution in [2.75, 3.05) is 18.0 Å². The number of nitrogens with one attached hydrogen (secondary N) is 1. The van der Waals surface area contributed by atoms with Crippen molar-refractivity contribution in [1.82, 2.24) is 15.3 Å². The summed E-state index contributed by atoms with van der Waals surface area (Å²) in [4.78, 5) is 10.9. The van der Waals surface area contributed by atoms with Gasteiger partial charge in [0.2, 0.25) is 0 Å². The first-order valence-electron chi connectivity index (χ1n) is 6.11. The van der Waals surface area contributed by atoms with E-state index >= 15 is 0 Å². The molecule has 0 amide bonds. The molecule has 16 heavy (non-hydrogen) atoms. The molecule has 2 bridgehead atoms. The summed E-state index contributed by atoms with van der Waals surface area (Å²) in [5, 5.41) is 3.68. The fraction of sp³-hybridized carbons (Fsp3) is 0.667. The summed E-state index contributed by atoms with van der Waals surface area (Å²) in [7, 11) is 0. The summed E-state index contributed by atoms with van der Waals surface area (Å²) in [5.41, 5.74) is 1.05. The van der Waals surface area contributed by atoms with Gasteiger partial charge in [0, 0.05) is 36.9 Å². The molecule has 3 rings (SSSR count). The number of anilines is 1. The molecule has 3 heterocycles. The Labute approximate surface area is 96.1 Å². The quantitative estimate of drug-likeness (QED) is 0.767. The molecule has 86 valence electrons. The van der Waals surface area contributed by atoms with Gasteiger partial charge in [-0.25, -0.2) is 9.97 Å². The summed E-state index contributed by atoms with van der Waals surface area (Å²) >= 11 is 0. The van der Waals surface area contributed by atoms with E-state index in [2.05, 4.69) is 26.3 Å². The molecule has 4 heteroatoms. The van der Waals surface area contributed by atoms with Crippen LogP contribution in [0, 0.1) is 6.92 Å². The Bertz CT molecular complexity index is 379. The van der Waals surface area contributed by atoms with Gasteiger partial charge in [0.25, 0.3) is 0 Å². The van der Waals surface area contributed by atoms with Gasteiger partial charge >= 0.3 is 0 Å². The van der Waals surface area contributed by atoms with Gasteiger partial charge in [-0.2, -0.15) is 0 Å². The lowest BCUT2D eigenvalue weighted by Gasteiger charge is -2.25. The highest BCUT2D eigenvalue weighted by atomic mass is 15.2. The second-order valence-corrected chi connectivity index (χ2v) is 4.89. The number of rotatable bonds is 1. The SMILES string of the molecule is Cc1cc(N2CCC3CCC(C2)N3)ncn1. The fourth-order valence-electron chi connectivity index (χ4n) is 2.76. The van der Waals surface area contributed by atoms with Crippen LogP contribution >= 0.6 is 0 Å². The molecule has 1 N–H and O–H groups in total. The van der Waals surface area contributed by atoms with E-state index in [-0.39, 0.29) is 0 Å². The lowest BCUT2D eigenvalue weighted by atomic mass is 10.1. The molecule has 2 fully saturated rings. The summed E-state index contributed by atoms with van der Waals surface area (Å²) in [5.74, 6) is 1.09. The van der Waals surface area contributed by atoms with Crippen LogP contribution in [0.25, 0.3) is 0 Å². The molecular weight excluding hydrogens is 200 g/mol. The molecule has 2 aliphatic rings. The third-order valence-electron chi connectivity index (χ3n) is 3.64. The van der Waals surface area contributed by atoms with E-state index < -0.39 is 0 Å². The van der Waals surface area contributed by atoms with Gasteiger partial charge in [-0.05, 0) is 26.2 Å². The van der Waals surface area contributed by atoms with Gasteiger partial charge < -0.3 is 10.2 Å². The average molecular weight is 218 g/mol. The smallest absolute Gasteiger partial charge is 0.132 e. The van der Waals surface area contributed by atoms with Crippen molar-refractivity contribution in [3.8, 4) is 0 Å². The summed E-state index contributed by atoms with van der Waals surface area (Å²) < 4.78 is 0. The second kappa shape index (κ2) is 4.01. The Morgan fingerprint density at radius 1 is 1.25 bits per heavy atom. The van der Waals surface area contributed by atoms with Gasteiger partial charge in [-0.15, -0.1) is 0 Å². The minimum Gasteiger partial charge on any atom is -0.355 e. The van der Waals surface area contributed by atoms with Crippen molar-refractivity contribution in [2.24, 2.45) is 0 Å². The van der Waals surface area contributed by atoms with Crippen molar-refractivity contribution >= 4 is 5.82 Å². The zero-order chi connectivity index (χ0) is 11.0. The predicted molar refractivity (Wildman–Crippen MR) is 63.5 cm³/mol. The van der Waals surface area contributed by atoms with Crippen LogP contribution < -0.4 is 10.2 Å². The first kappa shape index (κ1) is 10.0. The number of nitrogens with zero attached hydrogens (tertiary/aromatic N) is 3. The lowest BCUT2D eigenvalue weighted by molar-refractivity contribution is 0.563. The van der Waals surface area contributed by atoms with Crippen LogP contribution in [-0.4, -0.2) is 35.1 Å². The van der Waals surface area contributed by atoms with Crippen molar-refractivity contribution in [2.45, 2.75) is 38.3 Å². The van der Waals surface area contributed by atoms with Crippen molar-refractivity contribution in [3.05, 3.63) is 18.1 Å². The van der Waals surface area contributed by atoms with Gasteiger partial charge in [0.15, 0.2) is 0 Å². The molecule has 0 saturated carbocycles. The van der Waals surface area contributed by atoms with Crippen LogP contribution in [0.1, 0.15) is 25.0 Å². The maximum atomic E-state index is 4.38. The Morgan fingerprint density at radius 2 is 2.12 bits per heavy atom. The zero-order valence-corrected chi connectivity index (χ0v) is 9.69. The van der Waals surface area contributed by atoms with E-state index in [1.165, 1.54) is 19.3 Å². The monoisotopic (exact) mass is 218 g/mol. The van der Waals surface area contributed by atoms with Crippen molar-refractivity contribution in [1.29, 1.82) is 0 Å². The van der Waals surface area contributed by atoms with Crippen molar-refractivity contribution in [3.63, 3.8) is 0 Å². The van der Waals surface area contributed by atoms with Gasteiger partial charge in [0.05, 0.1) is 0 Å². The molecule has 4 nitrogen and oxygen atoms in total. The third kappa shape index (κ3) is 1.89. The first-order chi connectivity index (χ1) is 7.81. The Hall–Kier alpha value is -1.16. The van der Waals surface area contributed by atoms with E-state index in [0.29, 0.717) is 6.04 Å². The second-order valence-electron chi connectivity index (χ2n) is 4.89. The number of aryl methyl sites for hydroxylation is 1. The standard InChI is InChI=1S/C12H18N4/c1-9-6-12(14-8-13-9)16-5-4-10-2-3-11(7-16)15-10/h6,8,10-11,15H,2-5,7H2,1H3.